The molecule has 3 unspecified atom stereocenters. The first-order valence-corrected chi connectivity index (χ1v) is 7.59. The second-order valence-electron chi connectivity index (χ2n) is 5.87. The van der Waals surface area contributed by atoms with Crippen LogP contribution < -0.4 is 5.32 Å². The van der Waals surface area contributed by atoms with Crippen LogP contribution in [0.1, 0.15) is 53.4 Å². The number of piperazine rings is 1. The van der Waals surface area contributed by atoms with Gasteiger partial charge in [-0.15, -0.1) is 6.42 Å². The monoisotopic (exact) mass is 250 g/mol. The molecule has 104 valence electrons. The summed E-state index contributed by atoms with van der Waals surface area (Å²) in [6, 6.07) is 1.53. The van der Waals surface area contributed by atoms with Crippen molar-refractivity contribution in [3.63, 3.8) is 0 Å². The van der Waals surface area contributed by atoms with Crippen molar-refractivity contribution < 1.29 is 0 Å². The summed E-state index contributed by atoms with van der Waals surface area (Å²) in [5.74, 6) is 3.68. The van der Waals surface area contributed by atoms with Crippen molar-refractivity contribution >= 4 is 0 Å². The van der Waals surface area contributed by atoms with Gasteiger partial charge in [0.25, 0.3) is 0 Å². The molecule has 0 aromatic heterocycles. The van der Waals surface area contributed by atoms with E-state index in [1.54, 1.807) is 0 Å². The van der Waals surface area contributed by atoms with Crippen molar-refractivity contribution in [2.75, 3.05) is 13.1 Å². The van der Waals surface area contributed by atoms with Gasteiger partial charge in [0.05, 0.1) is 6.04 Å². The van der Waals surface area contributed by atoms with Crippen molar-refractivity contribution in [2.24, 2.45) is 5.92 Å². The summed E-state index contributed by atoms with van der Waals surface area (Å²) >= 11 is 0. The molecule has 2 heteroatoms. The predicted molar refractivity (Wildman–Crippen MR) is 79.6 cm³/mol. The molecule has 0 aromatic carbocycles. The van der Waals surface area contributed by atoms with Gasteiger partial charge < -0.3 is 5.32 Å². The van der Waals surface area contributed by atoms with Crippen LogP contribution in [0.15, 0.2) is 0 Å². The molecule has 1 heterocycles. The van der Waals surface area contributed by atoms with Gasteiger partial charge in [-0.05, 0) is 18.8 Å². The molecule has 1 aliphatic heterocycles. The lowest BCUT2D eigenvalue weighted by Gasteiger charge is -2.45. The topological polar surface area (TPSA) is 15.3 Å². The third kappa shape index (κ3) is 4.00. The zero-order valence-corrected chi connectivity index (χ0v) is 12.6. The zero-order chi connectivity index (χ0) is 13.5. The fraction of sp³-hybridized carbons (Fsp3) is 0.875. The van der Waals surface area contributed by atoms with Gasteiger partial charge in [0, 0.05) is 25.2 Å². The Morgan fingerprint density at radius 3 is 2.56 bits per heavy atom. The molecule has 0 aliphatic carbocycles. The van der Waals surface area contributed by atoms with Crippen molar-refractivity contribution in [1.82, 2.24) is 10.2 Å². The predicted octanol–water partition coefficient (Wildman–Crippen LogP) is 2.89. The van der Waals surface area contributed by atoms with Gasteiger partial charge in [-0.3, -0.25) is 4.90 Å². The number of hydrogen-bond acceptors (Lipinski definition) is 2. The molecule has 1 aliphatic rings. The number of hydrogen-bond donors (Lipinski definition) is 1. The van der Waals surface area contributed by atoms with Crippen molar-refractivity contribution in [2.45, 2.75) is 71.5 Å². The zero-order valence-electron chi connectivity index (χ0n) is 12.6. The van der Waals surface area contributed by atoms with Crippen LogP contribution in [0.4, 0.5) is 0 Å². The summed E-state index contributed by atoms with van der Waals surface area (Å²) < 4.78 is 0. The number of rotatable bonds is 6. The average molecular weight is 250 g/mol. The van der Waals surface area contributed by atoms with Crippen molar-refractivity contribution in [3.05, 3.63) is 0 Å². The lowest BCUT2D eigenvalue weighted by molar-refractivity contribution is 0.0707. The standard InChI is InChI=1S/C16H30N2/c1-6-9-14-12-18(15(8-3)10-7-2)16(11-17-14)13(4)5/h3,13-17H,6-7,9-12H2,1-2,4-5H3. The minimum atomic E-state index is 0.323. The van der Waals surface area contributed by atoms with Gasteiger partial charge in [-0.2, -0.15) is 0 Å². The Labute approximate surface area is 114 Å². The molecule has 0 spiro atoms. The van der Waals surface area contributed by atoms with Crippen LogP contribution in [0.2, 0.25) is 0 Å². The highest BCUT2D eigenvalue weighted by Gasteiger charge is 2.32. The molecule has 0 amide bonds. The fourth-order valence-electron chi connectivity index (χ4n) is 3.00. The first kappa shape index (κ1) is 15.5. The van der Waals surface area contributed by atoms with Crippen LogP contribution >= 0.6 is 0 Å². The Balaban J connectivity index is 2.73. The molecule has 1 rings (SSSR count). The summed E-state index contributed by atoms with van der Waals surface area (Å²) in [6.45, 7) is 11.3. The fourth-order valence-corrected chi connectivity index (χ4v) is 3.00. The molecule has 1 fully saturated rings. The third-order valence-electron chi connectivity index (χ3n) is 4.03. The molecule has 1 saturated heterocycles. The Morgan fingerprint density at radius 2 is 2.06 bits per heavy atom. The van der Waals surface area contributed by atoms with E-state index in [9.17, 15) is 0 Å². The Bertz CT molecular complexity index is 267. The summed E-state index contributed by atoms with van der Waals surface area (Å²) in [7, 11) is 0. The van der Waals surface area contributed by atoms with E-state index >= 15 is 0 Å². The summed E-state index contributed by atoms with van der Waals surface area (Å²) in [4.78, 5) is 2.59. The van der Waals surface area contributed by atoms with E-state index in [0.29, 0.717) is 24.0 Å². The normalized spacial score (nSPS) is 27.1. The van der Waals surface area contributed by atoms with E-state index in [4.69, 9.17) is 6.42 Å². The van der Waals surface area contributed by atoms with Gasteiger partial charge >= 0.3 is 0 Å². The van der Waals surface area contributed by atoms with E-state index in [0.717, 1.165) is 19.5 Å². The highest BCUT2D eigenvalue weighted by Crippen LogP contribution is 2.21. The van der Waals surface area contributed by atoms with Gasteiger partial charge in [-0.25, -0.2) is 0 Å². The summed E-state index contributed by atoms with van der Waals surface area (Å²) in [6.07, 6.45) is 10.5. The molecular formula is C16H30N2. The average Bonchev–Trinajstić information content (AvgIpc) is 2.36. The summed E-state index contributed by atoms with van der Waals surface area (Å²) in [5, 5.41) is 3.69. The molecule has 18 heavy (non-hydrogen) atoms. The maximum absolute atomic E-state index is 5.76. The Morgan fingerprint density at radius 1 is 1.33 bits per heavy atom. The Hall–Kier alpha value is -0.520. The number of nitrogens with one attached hydrogen (secondary N) is 1. The maximum Gasteiger partial charge on any atom is 0.0715 e. The van der Waals surface area contributed by atoms with E-state index in [-0.39, 0.29) is 0 Å². The molecule has 1 N–H and O–H groups in total. The van der Waals surface area contributed by atoms with Gasteiger partial charge in [-0.1, -0.05) is 46.5 Å². The quantitative estimate of drug-likeness (QED) is 0.729. The van der Waals surface area contributed by atoms with Crippen LogP contribution in [0.3, 0.4) is 0 Å². The van der Waals surface area contributed by atoms with Gasteiger partial charge in [0.2, 0.25) is 0 Å². The second-order valence-corrected chi connectivity index (χ2v) is 5.87. The van der Waals surface area contributed by atoms with E-state index in [1.165, 1.54) is 19.3 Å². The first-order valence-electron chi connectivity index (χ1n) is 7.59. The summed E-state index contributed by atoms with van der Waals surface area (Å²) in [5.41, 5.74) is 0. The number of nitrogens with zero attached hydrogens (tertiary/aromatic N) is 1. The minimum absolute atomic E-state index is 0.323. The lowest BCUT2D eigenvalue weighted by atomic mass is 9.94. The molecule has 0 radical (unpaired) electrons. The van der Waals surface area contributed by atoms with Crippen LogP contribution in [-0.2, 0) is 0 Å². The SMILES string of the molecule is C#CC(CCC)N1CC(CCC)NCC1C(C)C. The van der Waals surface area contributed by atoms with E-state index in [2.05, 4.69) is 43.8 Å². The maximum atomic E-state index is 5.76. The third-order valence-corrected chi connectivity index (χ3v) is 4.03. The van der Waals surface area contributed by atoms with E-state index < -0.39 is 0 Å². The molecular weight excluding hydrogens is 220 g/mol. The van der Waals surface area contributed by atoms with Crippen molar-refractivity contribution in [3.8, 4) is 12.3 Å². The second kappa shape index (κ2) is 7.81. The van der Waals surface area contributed by atoms with Crippen LogP contribution in [0.5, 0.6) is 0 Å². The first-order chi connectivity index (χ1) is 8.63. The molecule has 2 nitrogen and oxygen atoms in total. The molecule has 3 atom stereocenters. The lowest BCUT2D eigenvalue weighted by Crippen LogP contribution is -2.60. The van der Waals surface area contributed by atoms with Crippen molar-refractivity contribution in [1.29, 1.82) is 0 Å². The molecule has 0 aromatic rings. The molecule has 0 saturated carbocycles. The van der Waals surface area contributed by atoms with Gasteiger partial charge in [0.1, 0.15) is 0 Å². The highest BCUT2D eigenvalue weighted by atomic mass is 15.3. The smallest absolute Gasteiger partial charge is 0.0715 e. The van der Waals surface area contributed by atoms with Crippen LogP contribution in [0, 0.1) is 18.3 Å². The van der Waals surface area contributed by atoms with Crippen LogP contribution in [-0.4, -0.2) is 36.1 Å². The van der Waals surface area contributed by atoms with E-state index in [1.807, 2.05) is 0 Å². The van der Waals surface area contributed by atoms with Crippen LogP contribution in [0.25, 0.3) is 0 Å². The minimum Gasteiger partial charge on any atom is -0.311 e. The highest BCUT2D eigenvalue weighted by molar-refractivity contribution is 5.04. The van der Waals surface area contributed by atoms with Gasteiger partial charge in [0.15, 0.2) is 0 Å². The molecule has 0 bridgehead atoms. The largest absolute Gasteiger partial charge is 0.311 e. The Kier molecular flexibility index (Phi) is 6.75. The number of terminal acetylenes is 1.